The van der Waals surface area contributed by atoms with Gasteiger partial charge in [-0.1, -0.05) is 11.6 Å². The number of halogens is 3. The molecular formula is C18H14ClF2NO5S. The van der Waals surface area contributed by atoms with E-state index < -0.39 is 6.29 Å². The molecule has 0 spiro atoms. The van der Waals surface area contributed by atoms with Crippen molar-refractivity contribution in [1.82, 2.24) is 0 Å². The van der Waals surface area contributed by atoms with Crippen molar-refractivity contribution in [1.29, 1.82) is 0 Å². The molecule has 0 aromatic heterocycles. The summed E-state index contributed by atoms with van der Waals surface area (Å²) in [6.07, 6.45) is -3.69. The lowest BCUT2D eigenvalue weighted by Crippen LogP contribution is -2.25. The van der Waals surface area contributed by atoms with E-state index in [4.69, 9.17) is 21.1 Å². The van der Waals surface area contributed by atoms with Crippen molar-refractivity contribution in [3.8, 4) is 17.2 Å². The van der Waals surface area contributed by atoms with Gasteiger partial charge in [-0.05, 0) is 24.3 Å². The highest BCUT2D eigenvalue weighted by Gasteiger charge is 2.43. The van der Waals surface area contributed by atoms with Crippen molar-refractivity contribution in [2.45, 2.75) is 18.7 Å². The fraction of sp³-hybridized carbons (Fsp3) is 0.278. The number of carbonyl (C=O) groups is 1. The standard InChI is InChI=1S/C18H14ClF2NO5S/c19-12-3-10-6-24-9-25-17(10)11(4-12)7-28-8-16(23)22-13-1-2-14-15(5-13)27-18(20,21)26-14/h1-5H,6-9H2,(H,22,23). The quantitative estimate of drug-likeness (QED) is 0.760. The maximum Gasteiger partial charge on any atom is 0.586 e. The summed E-state index contributed by atoms with van der Waals surface area (Å²) in [5.74, 6) is 0.926. The summed E-state index contributed by atoms with van der Waals surface area (Å²) in [6.45, 7) is 0.604. The van der Waals surface area contributed by atoms with Crippen LogP contribution in [0.25, 0.3) is 0 Å². The van der Waals surface area contributed by atoms with Crippen LogP contribution in [0.3, 0.4) is 0 Å². The average Bonchev–Trinajstić information content (AvgIpc) is 2.94. The van der Waals surface area contributed by atoms with Crippen LogP contribution in [0.4, 0.5) is 14.5 Å². The summed E-state index contributed by atoms with van der Waals surface area (Å²) >= 11 is 7.49. The van der Waals surface area contributed by atoms with Gasteiger partial charge in [0.1, 0.15) is 5.75 Å². The lowest BCUT2D eigenvalue weighted by molar-refractivity contribution is -0.286. The Hall–Kier alpha value is -2.23. The van der Waals surface area contributed by atoms with E-state index in [1.807, 2.05) is 0 Å². The zero-order valence-corrected chi connectivity index (χ0v) is 15.9. The largest absolute Gasteiger partial charge is 0.586 e. The highest BCUT2D eigenvalue weighted by Crippen LogP contribution is 2.42. The van der Waals surface area contributed by atoms with E-state index in [9.17, 15) is 13.6 Å². The predicted molar refractivity (Wildman–Crippen MR) is 99.2 cm³/mol. The van der Waals surface area contributed by atoms with Crippen molar-refractivity contribution >= 4 is 35.0 Å². The molecule has 0 aliphatic carbocycles. The van der Waals surface area contributed by atoms with Gasteiger partial charge in [-0.2, -0.15) is 0 Å². The maximum absolute atomic E-state index is 13.0. The van der Waals surface area contributed by atoms with Crippen LogP contribution in [-0.2, 0) is 21.9 Å². The lowest BCUT2D eigenvalue weighted by Gasteiger charge is -2.21. The van der Waals surface area contributed by atoms with Gasteiger partial charge >= 0.3 is 6.29 Å². The first kappa shape index (κ1) is 19.1. The first-order valence-electron chi connectivity index (χ1n) is 8.19. The predicted octanol–water partition coefficient (Wildman–Crippen LogP) is 4.40. The van der Waals surface area contributed by atoms with Gasteiger partial charge in [-0.3, -0.25) is 4.79 Å². The van der Waals surface area contributed by atoms with Gasteiger partial charge in [0.05, 0.1) is 12.4 Å². The molecule has 2 aromatic carbocycles. The summed E-state index contributed by atoms with van der Waals surface area (Å²) in [5, 5.41) is 3.22. The molecule has 0 bridgehead atoms. The number of carbonyl (C=O) groups excluding carboxylic acids is 1. The molecule has 6 nitrogen and oxygen atoms in total. The van der Waals surface area contributed by atoms with Crippen molar-refractivity contribution in [3.05, 3.63) is 46.5 Å². The second-order valence-corrected chi connectivity index (χ2v) is 7.46. The zero-order chi connectivity index (χ0) is 19.7. The van der Waals surface area contributed by atoms with Gasteiger partial charge in [0.15, 0.2) is 18.3 Å². The molecule has 0 atom stereocenters. The van der Waals surface area contributed by atoms with Crippen LogP contribution < -0.4 is 19.5 Å². The topological polar surface area (TPSA) is 66.0 Å². The van der Waals surface area contributed by atoms with Gasteiger partial charge in [0.25, 0.3) is 0 Å². The van der Waals surface area contributed by atoms with Crippen LogP contribution in [0.2, 0.25) is 5.02 Å². The molecule has 0 radical (unpaired) electrons. The number of hydrogen-bond acceptors (Lipinski definition) is 6. The summed E-state index contributed by atoms with van der Waals surface area (Å²) in [4.78, 5) is 12.2. The molecule has 0 saturated carbocycles. The van der Waals surface area contributed by atoms with E-state index in [-0.39, 0.29) is 30.0 Å². The van der Waals surface area contributed by atoms with Crippen molar-refractivity contribution in [3.63, 3.8) is 0 Å². The zero-order valence-electron chi connectivity index (χ0n) is 14.3. The Kier molecular flexibility index (Phi) is 5.22. The highest BCUT2D eigenvalue weighted by atomic mass is 35.5. The molecule has 148 valence electrons. The molecule has 10 heteroatoms. The van der Waals surface area contributed by atoms with Crippen LogP contribution in [0, 0.1) is 0 Å². The third-order valence-corrected chi connectivity index (χ3v) is 5.13. The third kappa shape index (κ3) is 4.26. The summed E-state index contributed by atoms with van der Waals surface area (Å²) in [6, 6.07) is 7.67. The number of amides is 1. The van der Waals surface area contributed by atoms with Gasteiger partial charge in [0.2, 0.25) is 5.91 Å². The number of ether oxygens (including phenoxy) is 4. The molecule has 0 saturated heterocycles. The second kappa shape index (κ2) is 7.65. The van der Waals surface area contributed by atoms with Crippen LogP contribution in [0.5, 0.6) is 17.2 Å². The number of benzene rings is 2. The number of alkyl halides is 2. The summed E-state index contributed by atoms with van der Waals surface area (Å²) < 4.78 is 45.6. The fourth-order valence-corrected chi connectivity index (χ4v) is 3.90. The summed E-state index contributed by atoms with van der Waals surface area (Å²) in [7, 11) is 0. The first-order chi connectivity index (χ1) is 13.4. The number of fused-ring (bicyclic) bond motifs is 2. The van der Waals surface area contributed by atoms with E-state index in [0.717, 1.165) is 16.9 Å². The Labute approximate surface area is 168 Å². The molecule has 1 N–H and O–H groups in total. The SMILES string of the molecule is O=C(CSCc1cc(Cl)cc2c1OCOC2)Nc1ccc2c(c1)OC(F)(F)O2. The Bertz CT molecular complexity index is 927. The second-order valence-electron chi connectivity index (χ2n) is 6.03. The monoisotopic (exact) mass is 429 g/mol. The first-order valence-corrected chi connectivity index (χ1v) is 9.72. The van der Waals surface area contributed by atoms with E-state index in [1.165, 1.54) is 30.0 Å². The average molecular weight is 430 g/mol. The van der Waals surface area contributed by atoms with E-state index in [1.54, 1.807) is 12.1 Å². The Morgan fingerprint density at radius 1 is 1.21 bits per heavy atom. The molecule has 2 aromatic rings. The van der Waals surface area contributed by atoms with Gasteiger partial charge < -0.3 is 24.3 Å². The number of hydrogen-bond donors (Lipinski definition) is 1. The van der Waals surface area contributed by atoms with Crippen LogP contribution in [0.1, 0.15) is 11.1 Å². The van der Waals surface area contributed by atoms with Crippen molar-refractivity contribution < 1.29 is 32.5 Å². The Morgan fingerprint density at radius 3 is 2.89 bits per heavy atom. The van der Waals surface area contributed by atoms with Gasteiger partial charge in [-0.25, -0.2) is 0 Å². The minimum Gasteiger partial charge on any atom is -0.467 e. The molecule has 2 aliphatic heterocycles. The molecule has 0 unspecified atom stereocenters. The number of rotatable bonds is 5. The summed E-state index contributed by atoms with van der Waals surface area (Å²) in [5.41, 5.74) is 2.09. The number of anilines is 1. The van der Waals surface area contributed by atoms with Crippen LogP contribution >= 0.6 is 23.4 Å². The van der Waals surface area contributed by atoms with E-state index in [0.29, 0.717) is 23.1 Å². The normalized spacial score (nSPS) is 16.2. The molecule has 28 heavy (non-hydrogen) atoms. The minimum absolute atomic E-state index is 0.0768. The Morgan fingerprint density at radius 2 is 2.04 bits per heavy atom. The van der Waals surface area contributed by atoms with Crippen molar-refractivity contribution in [2.24, 2.45) is 0 Å². The van der Waals surface area contributed by atoms with Gasteiger partial charge in [0, 0.05) is 33.7 Å². The smallest absolute Gasteiger partial charge is 0.467 e. The minimum atomic E-state index is -3.69. The molecular weight excluding hydrogens is 416 g/mol. The molecule has 2 heterocycles. The van der Waals surface area contributed by atoms with Gasteiger partial charge in [-0.15, -0.1) is 20.5 Å². The maximum atomic E-state index is 13.0. The van der Waals surface area contributed by atoms with Crippen molar-refractivity contribution in [2.75, 3.05) is 17.9 Å². The Balaban J connectivity index is 1.33. The molecule has 0 fully saturated rings. The fourth-order valence-electron chi connectivity index (χ4n) is 2.84. The molecule has 4 rings (SSSR count). The number of thioether (sulfide) groups is 1. The molecule has 1 amide bonds. The third-order valence-electron chi connectivity index (χ3n) is 3.93. The van der Waals surface area contributed by atoms with Crippen LogP contribution in [0.15, 0.2) is 30.3 Å². The van der Waals surface area contributed by atoms with Crippen LogP contribution in [-0.4, -0.2) is 24.7 Å². The highest BCUT2D eigenvalue weighted by molar-refractivity contribution is 7.99. The van der Waals surface area contributed by atoms with E-state index in [2.05, 4.69) is 14.8 Å². The lowest BCUT2D eigenvalue weighted by atomic mass is 10.1. The molecule has 2 aliphatic rings. The van der Waals surface area contributed by atoms with E-state index >= 15 is 0 Å². The number of nitrogens with one attached hydrogen (secondary N) is 1.